The second kappa shape index (κ2) is 5.17. The summed E-state index contributed by atoms with van der Waals surface area (Å²) in [4.78, 5) is 11.3. The number of hydrogen-bond donors (Lipinski definition) is 2. The number of alkyl halides is 3. The normalized spacial score (nSPS) is 12.3. The van der Waals surface area contributed by atoms with Crippen LogP contribution >= 0.6 is 0 Å². The number of sulfonamides is 1. The summed E-state index contributed by atoms with van der Waals surface area (Å²) in [7, 11) is -3.92. The van der Waals surface area contributed by atoms with E-state index in [1.54, 1.807) is 5.32 Å². The van der Waals surface area contributed by atoms with Gasteiger partial charge in [0.1, 0.15) is 6.54 Å². The van der Waals surface area contributed by atoms with Crippen LogP contribution < -0.4 is 10.5 Å². The summed E-state index contributed by atoms with van der Waals surface area (Å²) in [6.45, 7) is -0.0562. The minimum atomic E-state index is -4.51. The summed E-state index contributed by atoms with van der Waals surface area (Å²) in [5.74, 6) is -0.934. The summed E-state index contributed by atoms with van der Waals surface area (Å²) in [6.07, 6.45) is -4.51. The zero-order valence-electron chi connectivity index (χ0n) is 9.78. The Morgan fingerprint density at radius 1 is 1.37 bits per heavy atom. The molecule has 5 nitrogen and oxygen atoms in total. The lowest BCUT2D eigenvalue weighted by atomic mass is 10.1. The molecule has 1 aromatic carbocycles. The molecule has 0 aliphatic rings. The van der Waals surface area contributed by atoms with Crippen molar-refractivity contribution < 1.29 is 26.4 Å². The number of hydrogen-bond acceptors (Lipinski definition) is 3. The van der Waals surface area contributed by atoms with Gasteiger partial charge in [0, 0.05) is 5.56 Å². The van der Waals surface area contributed by atoms with Gasteiger partial charge in [-0.2, -0.15) is 13.2 Å². The molecule has 3 N–H and O–H groups in total. The number of nitrogens with two attached hydrogens (primary N) is 1. The number of aryl methyl sites for hydroxylation is 1. The summed E-state index contributed by atoms with van der Waals surface area (Å²) >= 11 is 0. The molecule has 0 unspecified atom stereocenters. The molecule has 0 fully saturated rings. The van der Waals surface area contributed by atoms with E-state index >= 15 is 0 Å². The van der Waals surface area contributed by atoms with Crippen LogP contribution in [0.25, 0.3) is 0 Å². The molecule has 0 saturated heterocycles. The molecule has 106 valence electrons. The Morgan fingerprint density at radius 3 is 2.37 bits per heavy atom. The average Bonchev–Trinajstić information content (AvgIpc) is 2.23. The summed E-state index contributed by atoms with van der Waals surface area (Å²) in [5, 5.41) is 6.58. The highest BCUT2D eigenvalue weighted by molar-refractivity contribution is 7.89. The fraction of sp³-hybridized carbons (Fsp3) is 0.300. The number of nitrogens with one attached hydrogen (secondary N) is 1. The van der Waals surface area contributed by atoms with Crippen LogP contribution in [-0.4, -0.2) is 27.0 Å². The van der Waals surface area contributed by atoms with Crippen LogP contribution in [0.3, 0.4) is 0 Å². The summed E-state index contributed by atoms with van der Waals surface area (Å²) < 4.78 is 57.9. The number of carbonyl (C=O) groups excluding carboxylic acids is 1. The molecule has 0 aromatic heterocycles. The van der Waals surface area contributed by atoms with Crippen molar-refractivity contribution in [3.05, 3.63) is 29.3 Å². The lowest BCUT2D eigenvalue weighted by Gasteiger charge is -2.10. The summed E-state index contributed by atoms with van der Waals surface area (Å²) in [5.41, 5.74) is 0.169. The van der Waals surface area contributed by atoms with Crippen molar-refractivity contribution in [2.24, 2.45) is 5.14 Å². The zero-order chi connectivity index (χ0) is 14.8. The van der Waals surface area contributed by atoms with E-state index in [4.69, 9.17) is 5.14 Å². The van der Waals surface area contributed by atoms with E-state index in [1.807, 2.05) is 0 Å². The average molecular weight is 296 g/mol. The van der Waals surface area contributed by atoms with Crippen LogP contribution in [0.2, 0.25) is 0 Å². The van der Waals surface area contributed by atoms with Gasteiger partial charge in [-0.1, -0.05) is 0 Å². The van der Waals surface area contributed by atoms with Gasteiger partial charge in [0.25, 0.3) is 5.91 Å². The molecule has 0 saturated carbocycles. The van der Waals surface area contributed by atoms with Crippen LogP contribution in [0.4, 0.5) is 13.2 Å². The van der Waals surface area contributed by atoms with Crippen molar-refractivity contribution in [3.63, 3.8) is 0 Å². The van der Waals surface area contributed by atoms with E-state index < -0.39 is 28.7 Å². The highest BCUT2D eigenvalue weighted by Crippen LogP contribution is 2.16. The maximum Gasteiger partial charge on any atom is 0.405 e. The van der Waals surface area contributed by atoms with E-state index in [9.17, 15) is 26.4 Å². The monoisotopic (exact) mass is 296 g/mol. The van der Waals surface area contributed by atoms with E-state index in [0.717, 1.165) is 18.2 Å². The van der Waals surface area contributed by atoms with Gasteiger partial charge in [-0.15, -0.1) is 0 Å². The maximum absolute atomic E-state index is 11.9. The third-order valence-electron chi connectivity index (χ3n) is 2.22. The molecule has 0 bridgehead atoms. The van der Waals surface area contributed by atoms with Crippen molar-refractivity contribution in [2.45, 2.75) is 18.0 Å². The van der Waals surface area contributed by atoms with Gasteiger partial charge in [-0.25, -0.2) is 13.6 Å². The van der Waals surface area contributed by atoms with Crippen LogP contribution in [0.15, 0.2) is 23.1 Å². The molecule has 1 aromatic rings. The highest BCUT2D eigenvalue weighted by atomic mass is 32.2. The van der Waals surface area contributed by atoms with Crippen molar-refractivity contribution in [1.82, 2.24) is 5.32 Å². The topological polar surface area (TPSA) is 89.3 Å². The van der Waals surface area contributed by atoms with Gasteiger partial charge < -0.3 is 5.32 Å². The first kappa shape index (κ1) is 15.4. The van der Waals surface area contributed by atoms with Crippen molar-refractivity contribution in [2.75, 3.05) is 6.54 Å². The van der Waals surface area contributed by atoms with E-state index in [0.29, 0.717) is 0 Å². The van der Waals surface area contributed by atoms with Crippen molar-refractivity contribution in [3.8, 4) is 0 Å². The molecule has 0 heterocycles. The fourth-order valence-electron chi connectivity index (χ4n) is 1.34. The molecule has 0 radical (unpaired) electrons. The second-order valence-electron chi connectivity index (χ2n) is 3.82. The van der Waals surface area contributed by atoms with Crippen LogP contribution in [-0.2, 0) is 10.0 Å². The minimum absolute atomic E-state index is 0.0448. The predicted octanol–water partition coefficient (Wildman–Crippen LogP) is 0.935. The fourth-order valence-corrected chi connectivity index (χ4v) is 1.94. The van der Waals surface area contributed by atoms with Crippen LogP contribution in [0, 0.1) is 6.92 Å². The predicted molar refractivity (Wildman–Crippen MR) is 60.9 cm³/mol. The van der Waals surface area contributed by atoms with Crippen molar-refractivity contribution in [1.29, 1.82) is 0 Å². The Hall–Kier alpha value is -1.61. The van der Waals surface area contributed by atoms with E-state index in [2.05, 4.69) is 0 Å². The lowest BCUT2D eigenvalue weighted by Crippen LogP contribution is -2.34. The third kappa shape index (κ3) is 4.52. The van der Waals surface area contributed by atoms with Crippen LogP contribution in [0.5, 0.6) is 0 Å². The molecule has 0 spiro atoms. The number of rotatable bonds is 3. The number of carbonyl (C=O) groups is 1. The molecule has 0 aliphatic carbocycles. The van der Waals surface area contributed by atoms with Gasteiger partial charge >= 0.3 is 6.18 Å². The number of primary sulfonamides is 1. The molecule has 1 rings (SSSR count). The smallest absolute Gasteiger partial charge is 0.343 e. The van der Waals surface area contributed by atoms with Gasteiger partial charge in [-0.3, -0.25) is 4.79 Å². The highest BCUT2D eigenvalue weighted by Gasteiger charge is 2.28. The Morgan fingerprint density at radius 2 is 1.95 bits per heavy atom. The van der Waals surface area contributed by atoms with Crippen molar-refractivity contribution >= 4 is 15.9 Å². The first-order valence-electron chi connectivity index (χ1n) is 4.99. The van der Waals surface area contributed by atoms with Gasteiger partial charge in [-0.05, 0) is 30.7 Å². The quantitative estimate of drug-likeness (QED) is 0.869. The molecule has 0 atom stereocenters. The van der Waals surface area contributed by atoms with Crippen LogP contribution in [0.1, 0.15) is 15.9 Å². The molecule has 19 heavy (non-hydrogen) atoms. The zero-order valence-corrected chi connectivity index (χ0v) is 10.6. The molecular weight excluding hydrogens is 285 g/mol. The first-order valence-corrected chi connectivity index (χ1v) is 6.54. The largest absolute Gasteiger partial charge is 0.405 e. The standard InChI is InChI=1S/C10H11F3N2O3S/c1-6-4-7(19(14,17)18)2-3-8(6)9(16)15-5-10(11,12)13/h2-4H,5H2,1H3,(H,15,16)(H2,14,17,18). The van der Waals surface area contributed by atoms with Gasteiger partial charge in [0.15, 0.2) is 0 Å². The molecular formula is C10H11F3N2O3S. The first-order chi connectivity index (χ1) is 8.50. The Bertz CT molecular complexity index is 597. The van der Waals surface area contributed by atoms with E-state index in [1.165, 1.54) is 6.92 Å². The molecule has 0 aliphatic heterocycles. The lowest BCUT2D eigenvalue weighted by molar-refractivity contribution is -0.123. The Kier molecular flexibility index (Phi) is 4.21. The molecule has 1 amide bonds. The number of benzene rings is 1. The second-order valence-corrected chi connectivity index (χ2v) is 5.38. The minimum Gasteiger partial charge on any atom is -0.343 e. The Balaban J connectivity index is 2.95. The summed E-state index contributed by atoms with van der Waals surface area (Å²) in [6, 6.07) is 3.30. The van der Waals surface area contributed by atoms with Gasteiger partial charge in [0.2, 0.25) is 10.0 Å². The third-order valence-corrected chi connectivity index (χ3v) is 3.13. The number of amides is 1. The molecule has 9 heteroatoms. The Labute approximate surface area is 107 Å². The number of halogens is 3. The SMILES string of the molecule is Cc1cc(S(N)(=O)=O)ccc1C(=O)NCC(F)(F)F. The van der Waals surface area contributed by atoms with E-state index in [-0.39, 0.29) is 16.0 Å². The maximum atomic E-state index is 11.9. The van der Waals surface area contributed by atoms with Gasteiger partial charge in [0.05, 0.1) is 4.90 Å².